The van der Waals surface area contributed by atoms with Gasteiger partial charge in [-0.05, 0) is 20.3 Å². The zero-order chi connectivity index (χ0) is 15.0. The maximum Gasteiger partial charge on any atom is 0.300 e. The number of hydrogen-bond donors (Lipinski definition) is 0. The summed E-state index contributed by atoms with van der Waals surface area (Å²) in [5.41, 5.74) is -0.961. The number of halogens is 1. The standard InChI is InChI=1S/C10H15ClN2O4S2/c1-5-10(2,3)12(4)19(16,17)8-6-7(13(14)15)9(11)18-8/h6H,5H2,1-4H3. The van der Waals surface area contributed by atoms with Crippen LogP contribution in [0.1, 0.15) is 27.2 Å². The van der Waals surface area contributed by atoms with Crippen molar-refractivity contribution in [1.29, 1.82) is 0 Å². The molecule has 0 unspecified atom stereocenters. The molecule has 1 rings (SSSR count). The van der Waals surface area contributed by atoms with Gasteiger partial charge in [-0.2, -0.15) is 4.31 Å². The molecule has 0 atom stereocenters. The molecular formula is C10H15ClN2O4S2. The number of hydrogen-bond acceptors (Lipinski definition) is 5. The van der Waals surface area contributed by atoms with E-state index >= 15 is 0 Å². The van der Waals surface area contributed by atoms with Crippen molar-refractivity contribution in [3.05, 3.63) is 20.5 Å². The van der Waals surface area contributed by atoms with Gasteiger partial charge in [0.1, 0.15) is 4.21 Å². The molecule has 1 aromatic rings. The Morgan fingerprint density at radius 1 is 1.53 bits per heavy atom. The van der Waals surface area contributed by atoms with Gasteiger partial charge in [0, 0.05) is 18.7 Å². The van der Waals surface area contributed by atoms with E-state index in [1.807, 2.05) is 6.92 Å². The zero-order valence-electron chi connectivity index (χ0n) is 11.0. The van der Waals surface area contributed by atoms with Crippen molar-refractivity contribution >= 4 is 38.6 Å². The van der Waals surface area contributed by atoms with Gasteiger partial charge in [0.15, 0.2) is 4.34 Å². The first kappa shape index (κ1) is 16.4. The quantitative estimate of drug-likeness (QED) is 0.615. The van der Waals surface area contributed by atoms with E-state index in [9.17, 15) is 18.5 Å². The average molecular weight is 327 g/mol. The lowest BCUT2D eigenvalue weighted by atomic mass is 10.0. The fourth-order valence-corrected chi connectivity index (χ4v) is 4.69. The van der Waals surface area contributed by atoms with E-state index in [0.717, 1.165) is 6.07 Å². The summed E-state index contributed by atoms with van der Waals surface area (Å²) in [5, 5.41) is 10.7. The summed E-state index contributed by atoms with van der Waals surface area (Å²) in [4.78, 5) is 10.0. The summed E-state index contributed by atoms with van der Waals surface area (Å²) in [6, 6.07) is 1.00. The van der Waals surface area contributed by atoms with E-state index in [-0.39, 0.29) is 14.2 Å². The van der Waals surface area contributed by atoms with Gasteiger partial charge in [0.05, 0.1) is 4.92 Å². The normalized spacial score (nSPS) is 12.9. The van der Waals surface area contributed by atoms with Crippen molar-refractivity contribution in [2.45, 2.75) is 36.9 Å². The average Bonchev–Trinajstić information content (AvgIpc) is 2.71. The SMILES string of the molecule is CCC(C)(C)N(C)S(=O)(=O)c1cc([N+](=O)[O-])c(Cl)s1. The van der Waals surface area contributed by atoms with Crippen molar-refractivity contribution in [1.82, 2.24) is 4.31 Å². The summed E-state index contributed by atoms with van der Waals surface area (Å²) in [6.07, 6.45) is 0.615. The monoisotopic (exact) mass is 326 g/mol. The van der Waals surface area contributed by atoms with Gasteiger partial charge in [-0.25, -0.2) is 8.42 Å². The highest BCUT2D eigenvalue weighted by Gasteiger charge is 2.35. The Morgan fingerprint density at radius 3 is 2.42 bits per heavy atom. The predicted molar refractivity (Wildman–Crippen MR) is 75.3 cm³/mol. The van der Waals surface area contributed by atoms with Gasteiger partial charge in [0.25, 0.3) is 15.7 Å². The maximum absolute atomic E-state index is 12.4. The largest absolute Gasteiger partial charge is 0.300 e. The van der Waals surface area contributed by atoms with Crippen LogP contribution in [0.5, 0.6) is 0 Å². The molecule has 0 fully saturated rings. The Morgan fingerprint density at radius 2 is 2.05 bits per heavy atom. The molecule has 0 bridgehead atoms. The fraction of sp³-hybridized carbons (Fsp3) is 0.600. The van der Waals surface area contributed by atoms with E-state index in [4.69, 9.17) is 11.6 Å². The maximum atomic E-state index is 12.4. The molecule has 1 aromatic heterocycles. The minimum Gasteiger partial charge on any atom is -0.258 e. The van der Waals surface area contributed by atoms with Crippen LogP contribution in [0.25, 0.3) is 0 Å². The molecule has 0 amide bonds. The number of nitro groups is 1. The first-order valence-electron chi connectivity index (χ1n) is 5.46. The van der Waals surface area contributed by atoms with Crippen molar-refractivity contribution in [2.24, 2.45) is 0 Å². The molecular weight excluding hydrogens is 312 g/mol. The van der Waals surface area contributed by atoms with Crippen molar-refractivity contribution < 1.29 is 13.3 Å². The van der Waals surface area contributed by atoms with Crippen LogP contribution in [0.2, 0.25) is 4.34 Å². The van der Waals surface area contributed by atoms with Crippen molar-refractivity contribution in [2.75, 3.05) is 7.05 Å². The number of thiophene rings is 1. The lowest BCUT2D eigenvalue weighted by Gasteiger charge is -2.33. The Balaban J connectivity index is 3.29. The molecule has 19 heavy (non-hydrogen) atoms. The van der Waals surface area contributed by atoms with E-state index in [0.29, 0.717) is 17.8 Å². The van der Waals surface area contributed by atoms with Gasteiger partial charge in [-0.3, -0.25) is 10.1 Å². The number of rotatable bonds is 5. The molecule has 0 aliphatic rings. The Labute approximate surface area is 121 Å². The third-order valence-corrected chi connectivity index (χ3v) is 7.03. The van der Waals surface area contributed by atoms with Gasteiger partial charge in [0.2, 0.25) is 0 Å². The minimum atomic E-state index is -3.78. The molecule has 0 N–H and O–H groups in total. The molecule has 0 radical (unpaired) electrons. The fourth-order valence-electron chi connectivity index (χ4n) is 1.27. The van der Waals surface area contributed by atoms with Crippen LogP contribution in [0.15, 0.2) is 10.3 Å². The predicted octanol–water partition coefficient (Wildman–Crippen LogP) is 3.12. The van der Waals surface area contributed by atoms with Gasteiger partial charge < -0.3 is 0 Å². The molecule has 0 aliphatic heterocycles. The van der Waals surface area contributed by atoms with Crippen LogP contribution >= 0.6 is 22.9 Å². The van der Waals surface area contributed by atoms with E-state index in [2.05, 4.69) is 0 Å². The van der Waals surface area contributed by atoms with Gasteiger partial charge >= 0.3 is 0 Å². The number of sulfonamides is 1. The molecule has 0 aromatic carbocycles. The zero-order valence-corrected chi connectivity index (χ0v) is 13.4. The van der Waals surface area contributed by atoms with E-state index in [1.165, 1.54) is 11.4 Å². The molecule has 0 spiro atoms. The highest BCUT2D eigenvalue weighted by atomic mass is 35.5. The van der Waals surface area contributed by atoms with Crippen LogP contribution in [0.3, 0.4) is 0 Å². The Hall–Kier alpha value is -0.700. The van der Waals surface area contributed by atoms with Crippen LogP contribution < -0.4 is 0 Å². The third-order valence-electron chi connectivity index (χ3n) is 3.18. The van der Waals surface area contributed by atoms with Crippen LogP contribution in [-0.4, -0.2) is 30.2 Å². The first-order chi connectivity index (χ1) is 8.54. The molecule has 1 heterocycles. The topological polar surface area (TPSA) is 80.5 Å². The molecule has 0 saturated heterocycles. The summed E-state index contributed by atoms with van der Waals surface area (Å²) in [6.45, 7) is 5.44. The third kappa shape index (κ3) is 3.07. The van der Waals surface area contributed by atoms with Crippen LogP contribution in [-0.2, 0) is 10.0 Å². The smallest absolute Gasteiger partial charge is 0.258 e. The molecule has 108 valence electrons. The van der Waals surface area contributed by atoms with Gasteiger partial charge in [-0.1, -0.05) is 18.5 Å². The Bertz CT molecular complexity index is 595. The summed E-state index contributed by atoms with van der Waals surface area (Å²) < 4.78 is 25.7. The van der Waals surface area contributed by atoms with Crippen molar-refractivity contribution in [3.8, 4) is 0 Å². The first-order valence-corrected chi connectivity index (χ1v) is 8.10. The molecule has 0 aliphatic carbocycles. The highest BCUT2D eigenvalue weighted by Crippen LogP contribution is 2.38. The van der Waals surface area contributed by atoms with Gasteiger partial charge in [-0.15, -0.1) is 11.3 Å². The minimum absolute atomic E-state index is 0.117. The summed E-state index contributed by atoms with van der Waals surface area (Å²) in [5.74, 6) is 0. The van der Waals surface area contributed by atoms with Crippen LogP contribution in [0.4, 0.5) is 5.69 Å². The lowest BCUT2D eigenvalue weighted by Crippen LogP contribution is -2.44. The van der Waals surface area contributed by atoms with Crippen LogP contribution in [0, 0.1) is 10.1 Å². The van der Waals surface area contributed by atoms with E-state index < -0.39 is 20.5 Å². The lowest BCUT2D eigenvalue weighted by molar-refractivity contribution is -0.384. The molecule has 6 nitrogen and oxygen atoms in total. The summed E-state index contributed by atoms with van der Waals surface area (Å²) in [7, 11) is -2.32. The molecule has 9 heteroatoms. The second-order valence-electron chi connectivity index (χ2n) is 4.62. The highest BCUT2D eigenvalue weighted by molar-refractivity contribution is 7.91. The second kappa shape index (κ2) is 5.35. The van der Waals surface area contributed by atoms with E-state index in [1.54, 1.807) is 13.8 Å². The Kier molecular flexibility index (Phi) is 4.61. The second-order valence-corrected chi connectivity index (χ2v) is 8.47. The summed E-state index contributed by atoms with van der Waals surface area (Å²) >= 11 is 6.39. The van der Waals surface area contributed by atoms with Crippen molar-refractivity contribution in [3.63, 3.8) is 0 Å². The molecule has 0 saturated carbocycles. The number of nitrogens with zero attached hydrogens (tertiary/aromatic N) is 2.